The number of hydrazine groups is 1. The molecular formula is C9H15N5. The van der Waals surface area contributed by atoms with Crippen LogP contribution < -0.4 is 16.6 Å². The van der Waals surface area contributed by atoms with E-state index in [0.29, 0.717) is 11.9 Å². The van der Waals surface area contributed by atoms with Gasteiger partial charge in [0.15, 0.2) is 0 Å². The maximum Gasteiger partial charge on any atom is 0.148 e. The van der Waals surface area contributed by atoms with Gasteiger partial charge in [0.2, 0.25) is 0 Å². The molecule has 1 aromatic rings. The molecule has 0 aliphatic heterocycles. The zero-order valence-corrected chi connectivity index (χ0v) is 8.25. The standard InChI is InChI=1S/C9H15N5/c1-2-7-8(13-6-3-4-6)11-5-12-9(7)14-10/h5-6H,2-4,10H2,1H3,(H2,11,12,13,14). The molecule has 1 heterocycles. The van der Waals surface area contributed by atoms with Crippen LogP contribution in [0.5, 0.6) is 0 Å². The second-order valence-corrected chi connectivity index (χ2v) is 3.47. The van der Waals surface area contributed by atoms with Crippen LogP contribution in [-0.4, -0.2) is 16.0 Å². The van der Waals surface area contributed by atoms with Gasteiger partial charge in [0, 0.05) is 11.6 Å². The quantitative estimate of drug-likeness (QED) is 0.489. The van der Waals surface area contributed by atoms with E-state index in [9.17, 15) is 0 Å². The van der Waals surface area contributed by atoms with Crippen molar-refractivity contribution in [3.05, 3.63) is 11.9 Å². The number of hydrogen-bond acceptors (Lipinski definition) is 5. The van der Waals surface area contributed by atoms with Gasteiger partial charge in [-0.05, 0) is 19.3 Å². The molecule has 1 saturated carbocycles. The number of nitrogen functional groups attached to an aromatic ring is 1. The van der Waals surface area contributed by atoms with Gasteiger partial charge in [-0.1, -0.05) is 6.92 Å². The van der Waals surface area contributed by atoms with Crippen molar-refractivity contribution < 1.29 is 0 Å². The van der Waals surface area contributed by atoms with Gasteiger partial charge in [0.25, 0.3) is 0 Å². The number of rotatable bonds is 4. The summed E-state index contributed by atoms with van der Waals surface area (Å²) in [7, 11) is 0. The van der Waals surface area contributed by atoms with Crippen LogP contribution in [0.2, 0.25) is 0 Å². The van der Waals surface area contributed by atoms with Crippen LogP contribution in [0.3, 0.4) is 0 Å². The first-order valence-electron chi connectivity index (χ1n) is 4.92. The Bertz CT molecular complexity index is 321. The minimum atomic E-state index is 0.598. The molecule has 5 nitrogen and oxygen atoms in total. The lowest BCUT2D eigenvalue weighted by molar-refractivity contribution is 1.00. The molecule has 2 rings (SSSR count). The summed E-state index contributed by atoms with van der Waals surface area (Å²) in [6.45, 7) is 2.07. The van der Waals surface area contributed by atoms with Crippen molar-refractivity contribution >= 4 is 11.6 Å². The highest BCUT2D eigenvalue weighted by Gasteiger charge is 2.23. The first kappa shape index (κ1) is 9.21. The molecule has 1 aromatic heterocycles. The van der Waals surface area contributed by atoms with E-state index in [1.54, 1.807) is 0 Å². The number of nitrogens with two attached hydrogens (primary N) is 1. The predicted octanol–water partition coefficient (Wildman–Crippen LogP) is 0.899. The summed E-state index contributed by atoms with van der Waals surface area (Å²) in [5.74, 6) is 7.00. The van der Waals surface area contributed by atoms with Crippen molar-refractivity contribution in [2.45, 2.75) is 32.2 Å². The molecule has 1 aliphatic carbocycles. The fraction of sp³-hybridized carbons (Fsp3) is 0.556. The van der Waals surface area contributed by atoms with E-state index in [1.165, 1.54) is 19.2 Å². The highest BCUT2D eigenvalue weighted by atomic mass is 15.3. The third-order valence-corrected chi connectivity index (χ3v) is 2.35. The minimum absolute atomic E-state index is 0.598. The molecule has 0 saturated heterocycles. The van der Waals surface area contributed by atoms with Crippen LogP contribution in [0.1, 0.15) is 25.3 Å². The SMILES string of the molecule is CCc1c(NN)ncnc1NC1CC1. The molecular weight excluding hydrogens is 178 g/mol. The molecule has 4 N–H and O–H groups in total. The summed E-state index contributed by atoms with van der Waals surface area (Å²) in [6.07, 6.45) is 4.87. The Hall–Kier alpha value is -1.36. The number of nitrogens with zero attached hydrogens (tertiary/aromatic N) is 2. The highest BCUT2D eigenvalue weighted by molar-refractivity contribution is 5.57. The predicted molar refractivity (Wildman–Crippen MR) is 55.9 cm³/mol. The number of aromatic nitrogens is 2. The number of anilines is 2. The maximum atomic E-state index is 5.37. The van der Waals surface area contributed by atoms with E-state index < -0.39 is 0 Å². The van der Waals surface area contributed by atoms with Crippen LogP contribution >= 0.6 is 0 Å². The Morgan fingerprint density at radius 2 is 2.14 bits per heavy atom. The monoisotopic (exact) mass is 193 g/mol. The van der Waals surface area contributed by atoms with Gasteiger partial charge in [0.05, 0.1) is 0 Å². The van der Waals surface area contributed by atoms with Crippen molar-refractivity contribution in [3.8, 4) is 0 Å². The summed E-state index contributed by atoms with van der Waals surface area (Å²) in [6, 6.07) is 0.598. The zero-order chi connectivity index (χ0) is 9.97. The Morgan fingerprint density at radius 1 is 1.43 bits per heavy atom. The molecule has 0 amide bonds. The lowest BCUT2D eigenvalue weighted by Crippen LogP contribution is -2.14. The van der Waals surface area contributed by atoms with Crippen LogP contribution in [0, 0.1) is 0 Å². The number of hydrogen-bond donors (Lipinski definition) is 3. The first-order valence-corrected chi connectivity index (χ1v) is 4.92. The molecule has 76 valence electrons. The van der Waals surface area contributed by atoms with Crippen LogP contribution in [0.15, 0.2) is 6.33 Å². The number of nitrogens with one attached hydrogen (secondary N) is 2. The largest absolute Gasteiger partial charge is 0.367 e. The van der Waals surface area contributed by atoms with Gasteiger partial charge in [-0.3, -0.25) is 0 Å². The van der Waals surface area contributed by atoms with Crippen molar-refractivity contribution in [1.29, 1.82) is 0 Å². The highest BCUT2D eigenvalue weighted by Crippen LogP contribution is 2.27. The third-order valence-electron chi connectivity index (χ3n) is 2.35. The van der Waals surface area contributed by atoms with Crippen LogP contribution in [0.4, 0.5) is 11.6 Å². The summed E-state index contributed by atoms with van der Waals surface area (Å²) < 4.78 is 0. The molecule has 0 spiro atoms. The molecule has 1 aliphatic rings. The lowest BCUT2D eigenvalue weighted by Gasteiger charge is -2.11. The van der Waals surface area contributed by atoms with Gasteiger partial charge < -0.3 is 10.7 Å². The molecule has 1 fully saturated rings. The van der Waals surface area contributed by atoms with Gasteiger partial charge in [-0.15, -0.1) is 0 Å². The molecule has 0 radical (unpaired) electrons. The minimum Gasteiger partial charge on any atom is -0.367 e. The van der Waals surface area contributed by atoms with Gasteiger partial charge in [0.1, 0.15) is 18.0 Å². The summed E-state index contributed by atoms with van der Waals surface area (Å²) >= 11 is 0. The summed E-state index contributed by atoms with van der Waals surface area (Å²) in [4.78, 5) is 8.29. The second kappa shape index (κ2) is 3.79. The maximum absolute atomic E-state index is 5.37. The zero-order valence-electron chi connectivity index (χ0n) is 8.25. The third kappa shape index (κ3) is 1.77. The fourth-order valence-corrected chi connectivity index (χ4v) is 1.42. The Balaban J connectivity index is 2.26. The Kier molecular flexibility index (Phi) is 2.49. The lowest BCUT2D eigenvalue weighted by atomic mass is 10.2. The van der Waals surface area contributed by atoms with Crippen molar-refractivity contribution in [1.82, 2.24) is 9.97 Å². The fourth-order valence-electron chi connectivity index (χ4n) is 1.42. The molecule has 0 atom stereocenters. The second-order valence-electron chi connectivity index (χ2n) is 3.47. The molecule has 0 aromatic carbocycles. The van der Waals surface area contributed by atoms with Gasteiger partial charge in [-0.2, -0.15) is 0 Å². The van der Waals surface area contributed by atoms with Crippen molar-refractivity contribution in [2.75, 3.05) is 10.7 Å². The van der Waals surface area contributed by atoms with E-state index in [-0.39, 0.29) is 0 Å². The normalized spacial score (nSPS) is 15.3. The molecule has 14 heavy (non-hydrogen) atoms. The van der Waals surface area contributed by atoms with Gasteiger partial charge in [-0.25, -0.2) is 15.8 Å². The van der Waals surface area contributed by atoms with Crippen molar-refractivity contribution in [2.24, 2.45) is 5.84 Å². The molecule has 0 unspecified atom stereocenters. The smallest absolute Gasteiger partial charge is 0.148 e. The Morgan fingerprint density at radius 3 is 2.71 bits per heavy atom. The summed E-state index contributed by atoms with van der Waals surface area (Å²) in [5, 5.41) is 3.36. The van der Waals surface area contributed by atoms with Gasteiger partial charge >= 0.3 is 0 Å². The average Bonchev–Trinajstić information content (AvgIpc) is 3.01. The van der Waals surface area contributed by atoms with E-state index >= 15 is 0 Å². The van der Waals surface area contributed by atoms with E-state index in [0.717, 1.165) is 17.8 Å². The Labute approximate surface area is 83.1 Å². The van der Waals surface area contributed by atoms with Crippen molar-refractivity contribution in [3.63, 3.8) is 0 Å². The molecule has 5 heteroatoms. The van der Waals surface area contributed by atoms with Crippen LogP contribution in [0.25, 0.3) is 0 Å². The first-order chi connectivity index (χ1) is 6.85. The topological polar surface area (TPSA) is 75.9 Å². The average molecular weight is 193 g/mol. The summed E-state index contributed by atoms with van der Waals surface area (Å²) in [5.41, 5.74) is 3.65. The van der Waals surface area contributed by atoms with E-state index in [4.69, 9.17) is 5.84 Å². The van der Waals surface area contributed by atoms with E-state index in [1.807, 2.05) is 0 Å². The van der Waals surface area contributed by atoms with Crippen LogP contribution in [-0.2, 0) is 6.42 Å². The molecule has 0 bridgehead atoms. The van der Waals surface area contributed by atoms with E-state index in [2.05, 4.69) is 27.6 Å².